The van der Waals surface area contributed by atoms with Crippen molar-refractivity contribution in [3.05, 3.63) is 0 Å². The van der Waals surface area contributed by atoms with Crippen molar-refractivity contribution in [1.29, 1.82) is 0 Å². The van der Waals surface area contributed by atoms with Gasteiger partial charge < -0.3 is 4.90 Å². The number of hydrogen-bond donors (Lipinski definition) is 0. The minimum absolute atomic E-state index is 0.432. The summed E-state index contributed by atoms with van der Waals surface area (Å²) in [5.41, 5.74) is 0. The van der Waals surface area contributed by atoms with Crippen LogP contribution in [-0.2, 0) is 0 Å². The molecule has 2 radical (unpaired) electrons. The Morgan fingerprint density at radius 1 is 1.60 bits per heavy atom. The number of nitrogens with zero attached hydrogens (tertiary/aromatic N) is 1. The molecule has 10 heavy (non-hydrogen) atoms. The van der Waals surface area contributed by atoms with Crippen LogP contribution in [-0.4, -0.2) is 31.9 Å². The highest BCUT2D eigenvalue weighted by molar-refractivity contribution is 6.12. The Hall–Kier alpha value is 0.0249. The zero-order valence-corrected chi connectivity index (χ0v) is 7.01. The molecule has 0 amide bonds. The van der Waals surface area contributed by atoms with Gasteiger partial charge in [0.15, 0.2) is 0 Å². The molecule has 1 saturated heterocycles. The number of rotatable bonds is 2. The Morgan fingerprint density at radius 3 is 2.70 bits per heavy atom. The van der Waals surface area contributed by atoms with E-state index in [0.29, 0.717) is 5.82 Å². The lowest BCUT2D eigenvalue weighted by Crippen LogP contribution is -2.27. The topological polar surface area (TPSA) is 3.24 Å². The lowest BCUT2D eigenvalue weighted by molar-refractivity contribution is 0.269. The number of likely N-dealkylation sites (tertiary alicyclic amines) is 1. The Labute approximate surface area is 65.2 Å². The van der Waals surface area contributed by atoms with E-state index in [1.54, 1.807) is 0 Å². The highest BCUT2D eigenvalue weighted by Gasteiger charge is 2.24. The van der Waals surface area contributed by atoms with E-state index in [0.717, 1.165) is 12.6 Å². The summed E-state index contributed by atoms with van der Waals surface area (Å²) in [6, 6.07) is 0.718. The standard InChI is InChI=1S/C8H16BN/c1-3-4-10-6-8(9)5-7(10)2/h7-8H,3-6H2,1-2H3. The summed E-state index contributed by atoms with van der Waals surface area (Å²) >= 11 is 0. The van der Waals surface area contributed by atoms with Crippen molar-refractivity contribution >= 4 is 7.85 Å². The van der Waals surface area contributed by atoms with Crippen molar-refractivity contribution in [2.75, 3.05) is 13.1 Å². The average Bonchev–Trinajstić information content (AvgIpc) is 2.13. The van der Waals surface area contributed by atoms with Crippen molar-refractivity contribution in [3.63, 3.8) is 0 Å². The SMILES string of the molecule is [B]C1CC(C)N(CCC)C1. The van der Waals surface area contributed by atoms with Crippen LogP contribution in [0.3, 0.4) is 0 Å². The second kappa shape index (κ2) is 3.43. The van der Waals surface area contributed by atoms with Gasteiger partial charge in [0.2, 0.25) is 0 Å². The third kappa shape index (κ3) is 1.75. The van der Waals surface area contributed by atoms with Gasteiger partial charge in [0.1, 0.15) is 0 Å². The van der Waals surface area contributed by atoms with Crippen molar-refractivity contribution in [3.8, 4) is 0 Å². The Kier molecular flexibility index (Phi) is 2.78. The van der Waals surface area contributed by atoms with Crippen molar-refractivity contribution < 1.29 is 0 Å². The summed E-state index contributed by atoms with van der Waals surface area (Å²) in [6.45, 7) is 6.81. The van der Waals surface area contributed by atoms with Crippen molar-refractivity contribution in [2.24, 2.45) is 0 Å². The van der Waals surface area contributed by atoms with Crippen LogP contribution in [0, 0.1) is 0 Å². The van der Waals surface area contributed by atoms with Crippen LogP contribution in [0.1, 0.15) is 26.7 Å². The van der Waals surface area contributed by atoms with Gasteiger partial charge in [-0.2, -0.15) is 0 Å². The summed E-state index contributed by atoms with van der Waals surface area (Å²) in [6.07, 6.45) is 2.43. The normalized spacial score (nSPS) is 35.0. The Morgan fingerprint density at radius 2 is 2.30 bits per heavy atom. The maximum atomic E-state index is 5.80. The number of hydrogen-bond acceptors (Lipinski definition) is 1. The van der Waals surface area contributed by atoms with Crippen LogP contribution >= 0.6 is 0 Å². The van der Waals surface area contributed by atoms with E-state index in [4.69, 9.17) is 7.85 Å². The molecule has 2 atom stereocenters. The van der Waals surface area contributed by atoms with E-state index in [2.05, 4.69) is 18.7 Å². The molecular weight excluding hydrogens is 121 g/mol. The van der Waals surface area contributed by atoms with Gasteiger partial charge >= 0.3 is 0 Å². The van der Waals surface area contributed by atoms with Gasteiger partial charge in [-0.25, -0.2) is 0 Å². The molecule has 1 aliphatic heterocycles. The maximum Gasteiger partial charge on any atom is 0.0717 e. The van der Waals surface area contributed by atoms with Gasteiger partial charge in [-0.1, -0.05) is 12.7 Å². The van der Waals surface area contributed by atoms with Crippen molar-refractivity contribution in [2.45, 2.75) is 38.5 Å². The van der Waals surface area contributed by atoms with E-state index in [9.17, 15) is 0 Å². The first-order valence-electron chi connectivity index (χ1n) is 4.23. The summed E-state index contributed by atoms with van der Waals surface area (Å²) in [7, 11) is 5.80. The van der Waals surface area contributed by atoms with Gasteiger partial charge in [0.25, 0.3) is 0 Å². The molecule has 1 heterocycles. The molecule has 1 rings (SSSR count). The molecule has 0 aromatic carbocycles. The van der Waals surface area contributed by atoms with Crippen LogP contribution in [0.5, 0.6) is 0 Å². The average molecular weight is 137 g/mol. The Bertz CT molecular complexity index is 105. The fourth-order valence-electron chi connectivity index (χ4n) is 1.74. The van der Waals surface area contributed by atoms with Gasteiger partial charge in [-0.05, 0) is 32.9 Å². The van der Waals surface area contributed by atoms with Crippen LogP contribution in [0.4, 0.5) is 0 Å². The molecule has 2 unspecified atom stereocenters. The van der Waals surface area contributed by atoms with Gasteiger partial charge in [0, 0.05) is 6.04 Å². The molecule has 0 spiro atoms. The van der Waals surface area contributed by atoms with E-state index in [-0.39, 0.29) is 0 Å². The second-order valence-electron chi connectivity index (χ2n) is 3.34. The van der Waals surface area contributed by atoms with E-state index in [1.165, 1.54) is 19.4 Å². The van der Waals surface area contributed by atoms with Crippen molar-refractivity contribution in [1.82, 2.24) is 4.90 Å². The first-order valence-corrected chi connectivity index (χ1v) is 4.23. The van der Waals surface area contributed by atoms with Gasteiger partial charge in [0.05, 0.1) is 7.85 Å². The largest absolute Gasteiger partial charge is 0.301 e. The third-order valence-electron chi connectivity index (χ3n) is 2.25. The zero-order valence-electron chi connectivity index (χ0n) is 7.01. The van der Waals surface area contributed by atoms with Gasteiger partial charge in [-0.15, -0.1) is 0 Å². The molecule has 0 aromatic rings. The molecule has 1 aliphatic rings. The summed E-state index contributed by atoms with van der Waals surface area (Å²) < 4.78 is 0. The minimum atomic E-state index is 0.432. The molecule has 0 N–H and O–H groups in total. The van der Waals surface area contributed by atoms with Crippen LogP contribution in [0.2, 0.25) is 5.82 Å². The lowest BCUT2D eigenvalue weighted by atomic mass is 9.86. The predicted octanol–water partition coefficient (Wildman–Crippen LogP) is 1.45. The van der Waals surface area contributed by atoms with E-state index in [1.807, 2.05) is 0 Å². The zero-order chi connectivity index (χ0) is 7.56. The highest BCUT2D eigenvalue weighted by Crippen LogP contribution is 2.24. The van der Waals surface area contributed by atoms with Crippen LogP contribution < -0.4 is 0 Å². The van der Waals surface area contributed by atoms with Crippen LogP contribution in [0.25, 0.3) is 0 Å². The van der Waals surface area contributed by atoms with Gasteiger partial charge in [-0.3, -0.25) is 0 Å². The molecule has 0 aromatic heterocycles. The summed E-state index contributed by atoms with van der Waals surface area (Å²) in [4.78, 5) is 2.48. The molecule has 56 valence electrons. The fourth-order valence-corrected chi connectivity index (χ4v) is 1.74. The molecule has 2 heteroatoms. The smallest absolute Gasteiger partial charge is 0.0717 e. The molecule has 1 nitrogen and oxygen atoms in total. The molecule has 0 aliphatic carbocycles. The lowest BCUT2D eigenvalue weighted by Gasteiger charge is -2.19. The fraction of sp³-hybridized carbons (Fsp3) is 1.00. The van der Waals surface area contributed by atoms with E-state index >= 15 is 0 Å². The quantitative estimate of drug-likeness (QED) is 0.520. The molecule has 0 saturated carbocycles. The molecule has 1 fully saturated rings. The Balaban J connectivity index is 2.31. The maximum absolute atomic E-state index is 5.80. The highest BCUT2D eigenvalue weighted by atomic mass is 15.2. The van der Waals surface area contributed by atoms with Crippen LogP contribution in [0.15, 0.2) is 0 Å². The first kappa shape index (κ1) is 8.12. The second-order valence-corrected chi connectivity index (χ2v) is 3.34. The summed E-state index contributed by atoms with van der Waals surface area (Å²) in [5.74, 6) is 0.432. The monoisotopic (exact) mass is 137 g/mol. The third-order valence-corrected chi connectivity index (χ3v) is 2.25. The first-order chi connectivity index (χ1) is 4.74. The summed E-state index contributed by atoms with van der Waals surface area (Å²) in [5, 5.41) is 0. The molecule has 0 bridgehead atoms. The van der Waals surface area contributed by atoms with E-state index < -0.39 is 0 Å². The minimum Gasteiger partial charge on any atom is -0.301 e. The predicted molar refractivity (Wildman–Crippen MR) is 45.4 cm³/mol. The molecular formula is C8H16BN.